The summed E-state index contributed by atoms with van der Waals surface area (Å²) >= 11 is 5.98. The van der Waals surface area contributed by atoms with Crippen LogP contribution in [0.15, 0.2) is 42.9 Å². The van der Waals surface area contributed by atoms with E-state index in [0.29, 0.717) is 18.2 Å². The van der Waals surface area contributed by atoms with Gasteiger partial charge < -0.3 is 9.72 Å². The van der Waals surface area contributed by atoms with Gasteiger partial charge in [0.25, 0.3) is 0 Å². The van der Waals surface area contributed by atoms with Gasteiger partial charge in [0.2, 0.25) is 0 Å². The smallest absolute Gasteiger partial charge is 0.116 e. The highest BCUT2D eigenvalue weighted by atomic mass is 35.5. The predicted molar refractivity (Wildman–Crippen MR) is 90.3 cm³/mol. The number of hydrogen-bond acceptors (Lipinski definition) is 4. The number of aromatic nitrogens is 4. The first-order valence-electron chi connectivity index (χ1n) is 7.47. The van der Waals surface area contributed by atoms with Crippen molar-refractivity contribution in [1.82, 2.24) is 19.9 Å². The highest BCUT2D eigenvalue weighted by Gasteiger charge is 2.15. The Labute approximate surface area is 139 Å². The average molecular weight is 329 g/mol. The lowest BCUT2D eigenvalue weighted by molar-refractivity contribution is 0.149. The normalized spacial score (nSPS) is 10.9. The average Bonchev–Trinajstić information content (AvgIpc) is 3.01. The van der Waals surface area contributed by atoms with E-state index in [1.807, 2.05) is 37.3 Å². The lowest BCUT2D eigenvalue weighted by atomic mass is 10.1. The molecule has 0 saturated carbocycles. The van der Waals surface area contributed by atoms with Crippen LogP contribution in [0.5, 0.6) is 0 Å². The van der Waals surface area contributed by atoms with Crippen molar-refractivity contribution in [3.05, 3.63) is 53.7 Å². The first kappa shape index (κ1) is 15.6. The van der Waals surface area contributed by atoms with Crippen LogP contribution >= 0.6 is 11.6 Å². The van der Waals surface area contributed by atoms with E-state index in [1.54, 1.807) is 6.20 Å². The fraction of sp³-hybridized carbons (Fsp3) is 0.235. The molecule has 1 aromatic carbocycles. The second kappa shape index (κ2) is 7.35. The molecule has 0 aliphatic carbocycles. The Bertz CT molecular complexity index is 756. The van der Waals surface area contributed by atoms with Gasteiger partial charge in [-0.25, -0.2) is 15.0 Å². The molecule has 0 aliphatic rings. The summed E-state index contributed by atoms with van der Waals surface area (Å²) in [6.07, 6.45) is 3.97. The van der Waals surface area contributed by atoms with Crippen molar-refractivity contribution in [3.8, 4) is 22.6 Å². The summed E-state index contributed by atoms with van der Waals surface area (Å²) in [5, 5.41) is 0.699. The first-order valence-corrected chi connectivity index (χ1v) is 7.84. The van der Waals surface area contributed by atoms with Gasteiger partial charge in [-0.3, -0.25) is 0 Å². The molecule has 23 heavy (non-hydrogen) atoms. The lowest BCUT2D eigenvalue weighted by Crippen LogP contribution is -1.99. The largest absolute Gasteiger partial charge is 0.381 e. The zero-order valence-corrected chi connectivity index (χ0v) is 13.5. The van der Waals surface area contributed by atoms with Crippen molar-refractivity contribution in [2.75, 3.05) is 13.2 Å². The predicted octanol–water partition coefficient (Wildman–Crippen LogP) is 3.77. The molecule has 3 aromatic rings. The SMILES string of the molecule is CCOCCc1nc(-c2ccc(Cl)cc2)c(-c2ccncn2)[nH]1. The summed E-state index contributed by atoms with van der Waals surface area (Å²) in [4.78, 5) is 16.4. The number of H-pyrrole nitrogens is 1. The number of benzene rings is 1. The van der Waals surface area contributed by atoms with Gasteiger partial charge in [0.05, 0.1) is 23.7 Å². The molecule has 0 bridgehead atoms. The van der Waals surface area contributed by atoms with Crippen LogP contribution in [-0.2, 0) is 11.2 Å². The summed E-state index contributed by atoms with van der Waals surface area (Å²) in [7, 11) is 0. The molecule has 0 spiro atoms. The van der Waals surface area contributed by atoms with E-state index < -0.39 is 0 Å². The molecule has 0 fully saturated rings. The molecule has 5 nitrogen and oxygen atoms in total. The van der Waals surface area contributed by atoms with Crippen LogP contribution in [0.3, 0.4) is 0 Å². The molecular weight excluding hydrogens is 312 g/mol. The number of nitrogens with zero attached hydrogens (tertiary/aromatic N) is 3. The van der Waals surface area contributed by atoms with Crippen molar-refractivity contribution in [2.45, 2.75) is 13.3 Å². The van der Waals surface area contributed by atoms with E-state index in [1.165, 1.54) is 6.33 Å². The second-order valence-corrected chi connectivity index (χ2v) is 5.39. The Kier molecular flexibility index (Phi) is 5.00. The van der Waals surface area contributed by atoms with Gasteiger partial charge in [-0.1, -0.05) is 23.7 Å². The van der Waals surface area contributed by atoms with Gasteiger partial charge in [0, 0.05) is 29.8 Å². The number of imidazole rings is 1. The van der Waals surface area contributed by atoms with Gasteiger partial charge in [0.1, 0.15) is 12.2 Å². The molecular formula is C17H17ClN4O. The molecule has 2 aromatic heterocycles. The maximum absolute atomic E-state index is 5.98. The van der Waals surface area contributed by atoms with Crippen LogP contribution in [0.2, 0.25) is 5.02 Å². The van der Waals surface area contributed by atoms with E-state index >= 15 is 0 Å². The van der Waals surface area contributed by atoms with E-state index in [2.05, 4.69) is 15.0 Å². The van der Waals surface area contributed by atoms with Gasteiger partial charge in [-0.2, -0.15) is 0 Å². The van der Waals surface area contributed by atoms with Crippen molar-refractivity contribution in [1.29, 1.82) is 0 Å². The third-order valence-corrected chi connectivity index (χ3v) is 3.65. The zero-order chi connectivity index (χ0) is 16.1. The number of rotatable bonds is 6. The third kappa shape index (κ3) is 3.75. The summed E-state index contributed by atoms with van der Waals surface area (Å²) in [6, 6.07) is 9.48. The van der Waals surface area contributed by atoms with Crippen LogP contribution in [0, 0.1) is 0 Å². The minimum absolute atomic E-state index is 0.632. The van der Waals surface area contributed by atoms with E-state index in [-0.39, 0.29) is 0 Å². The van der Waals surface area contributed by atoms with Gasteiger partial charge in [-0.05, 0) is 25.1 Å². The molecule has 0 amide bonds. The number of aromatic amines is 1. The number of ether oxygens (including phenoxy) is 1. The monoisotopic (exact) mass is 328 g/mol. The maximum Gasteiger partial charge on any atom is 0.116 e. The molecule has 0 unspecified atom stereocenters. The topological polar surface area (TPSA) is 63.7 Å². The van der Waals surface area contributed by atoms with Crippen LogP contribution < -0.4 is 0 Å². The number of halogens is 1. The highest BCUT2D eigenvalue weighted by Crippen LogP contribution is 2.29. The molecule has 0 saturated heterocycles. The Morgan fingerprint density at radius 3 is 2.70 bits per heavy atom. The van der Waals surface area contributed by atoms with Gasteiger partial charge in [0.15, 0.2) is 0 Å². The van der Waals surface area contributed by atoms with Crippen LogP contribution in [0.4, 0.5) is 0 Å². The molecule has 2 heterocycles. The van der Waals surface area contributed by atoms with Crippen molar-refractivity contribution in [3.63, 3.8) is 0 Å². The lowest BCUT2D eigenvalue weighted by Gasteiger charge is -2.02. The molecule has 1 N–H and O–H groups in total. The third-order valence-electron chi connectivity index (χ3n) is 3.40. The van der Waals surface area contributed by atoms with Crippen LogP contribution in [0.1, 0.15) is 12.7 Å². The van der Waals surface area contributed by atoms with Gasteiger partial charge >= 0.3 is 0 Å². The van der Waals surface area contributed by atoms with Crippen LogP contribution in [0.25, 0.3) is 22.6 Å². The summed E-state index contributed by atoms with van der Waals surface area (Å²) in [5.74, 6) is 0.872. The van der Waals surface area contributed by atoms with E-state index in [0.717, 1.165) is 34.9 Å². The fourth-order valence-corrected chi connectivity index (χ4v) is 2.42. The molecule has 3 rings (SSSR count). The summed E-state index contributed by atoms with van der Waals surface area (Å²) in [6.45, 7) is 3.31. The second-order valence-electron chi connectivity index (χ2n) is 4.96. The maximum atomic E-state index is 5.98. The minimum atomic E-state index is 0.632. The Morgan fingerprint density at radius 1 is 1.17 bits per heavy atom. The fourth-order valence-electron chi connectivity index (χ4n) is 2.29. The molecule has 6 heteroatoms. The minimum Gasteiger partial charge on any atom is -0.381 e. The van der Waals surface area contributed by atoms with E-state index in [9.17, 15) is 0 Å². The number of hydrogen-bond donors (Lipinski definition) is 1. The zero-order valence-electron chi connectivity index (χ0n) is 12.8. The summed E-state index contributed by atoms with van der Waals surface area (Å²) < 4.78 is 5.41. The highest BCUT2D eigenvalue weighted by molar-refractivity contribution is 6.30. The van der Waals surface area contributed by atoms with Crippen molar-refractivity contribution in [2.24, 2.45) is 0 Å². The molecule has 0 atom stereocenters. The quantitative estimate of drug-likeness (QED) is 0.700. The van der Waals surface area contributed by atoms with Gasteiger partial charge in [-0.15, -0.1) is 0 Å². The molecule has 0 aliphatic heterocycles. The van der Waals surface area contributed by atoms with E-state index in [4.69, 9.17) is 21.3 Å². The Morgan fingerprint density at radius 2 is 2.00 bits per heavy atom. The Hall–Kier alpha value is -2.24. The number of nitrogens with one attached hydrogen (secondary N) is 1. The van der Waals surface area contributed by atoms with Crippen molar-refractivity contribution >= 4 is 11.6 Å². The summed E-state index contributed by atoms with van der Waals surface area (Å²) in [5.41, 5.74) is 3.52. The molecule has 118 valence electrons. The van der Waals surface area contributed by atoms with Crippen LogP contribution in [-0.4, -0.2) is 33.1 Å². The Balaban J connectivity index is 2.00. The first-order chi connectivity index (χ1) is 11.3. The van der Waals surface area contributed by atoms with Crippen molar-refractivity contribution < 1.29 is 4.74 Å². The standard InChI is InChI=1S/C17H17ClN4O/c1-2-23-10-8-15-21-16(12-3-5-13(18)6-4-12)17(22-15)14-7-9-19-11-20-14/h3-7,9,11H,2,8,10H2,1H3,(H,21,22). The molecule has 0 radical (unpaired) electrons.